The Balaban J connectivity index is 1.72. The third kappa shape index (κ3) is 3.83. The summed E-state index contributed by atoms with van der Waals surface area (Å²) in [6, 6.07) is 7.56. The second-order valence-corrected chi connectivity index (χ2v) is 5.67. The summed E-state index contributed by atoms with van der Waals surface area (Å²) in [6.45, 7) is 0. The zero-order chi connectivity index (χ0) is 16.1. The van der Waals surface area contributed by atoms with E-state index in [-0.39, 0.29) is 6.10 Å². The van der Waals surface area contributed by atoms with Crippen molar-refractivity contribution in [1.82, 2.24) is 9.97 Å². The molecule has 0 atom stereocenters. The predicted molar refractivity (Wildman–Crippen MR) is 90.2 cm³/mol. The van der Waals surface area contributed by atoms with Crippen molar-refractivity contribution in [1.29, 1.82) is 0 Å². The van der Waals surface area contributed by atoms with Crippen molar-refractivity contribution in [3.05, 3.63) is 30.6 Å². The van der Waals surface area contributed by atoms with Gasteiger partial charge >= 0.3 is 0 Å². The molecule has 1 aromatic heterocycles. The van der Waals surface area contributed by atoms with E-state index in [0.29, 0.717) is 17.4 Å². The van der Waals surface area contributed by atoms with Crippen LogP contribution in [0, 0.1) is 0 Å². The number of rotatable bonds is 5. The highest BCUT2D eigenvalue weighted by atomic mass is 16.5. The zero-order valence-electron chi connectivity index (χ0n) is 13.3. The van der Waals surface area contributed by atoms with Crippen LogP contribution < -0.4 is 20.5 Å². The first-order valence-electron chi connectivity index (χ1n) is 7.94. The van der Waals surface area contributed by atoms with Gasteiger partial charge in [-0.3, -0.25) is 0 Å². The Hall–Kier alpha value is -2.50. The molecule has 0 radical (unpaired) electrons. The largest absolute Gasteiger partial charge is 0.497 e. The van der Waals surface area contributed by atoms with Crippen LogP contribution in [0.1, 0.15) is 32.1 Å². The van der Waals surface area contributed by atoms with Gasteiger partial charge in [0.1, 0.15) is 23.9 Å². The highest BCUT2D eigenvalue weighted by molar-refractivity contribution is 5.72. The number of nitrogens with two attached hydrogens (primary N) is 1. The topological polar surface area (TPSA) is 82.3 Å². The van der Waals surface area contributed by atoms with Crippen molar-refractivity contribution in [3.8, 4) is 11.6 Å². The molecule has 0 unspecified atom stereocenters. The minimum absolute atomic E-state index is 0.204. The summed E-state index contributed by atoms with van der Waals surface area (Å²) in [7, 11) is 1.64. The van der Waals surface area contributed by atoms with E-state index in [1.165, 1.54) is 25.6 Å². The predicted octanol–water partition coefficient (Wildman–Crippen LogP) is 3.52. The van der Waals surface area contributed by atoms with Gasteiger partial charge in [0.25, 0.3) is 0 Å². The van der Waals surface area contributed by atoms with Crippen LogP contribution in [0.15, 0.2) is 30.6 Å². The fourth-order valence-corrected chi connectivity index (χ4v) is 2.72. The number of aromatic nitrogens is 2. The number of methoxy groups -OCH3 is 1. The van der Waals surface area contributed by atoms with Crippen LogP contribution in [-0.4, -0.2) is 23.2 Å². The molecule has 1 saturated carbocycles. The van der Waals surface area contributed by atoms with E-state index in [1.807, 2.05) is 24.3 Å². The lowest BCUT2D eigenvalue weighted by atomic mass is 9.98. The van der Waals surface area contributed by atoms with Crippen molar-refractivity contribution in [2.75, 3.05) is 18.2 Å². The fraction of sp³-hybridized carbons (Fsp3) is 0.412. The lowest BCUT2D eigenvalue weighted by molar-refractivity contribution is 0.149. The van der Waals surface area contributed by atoms with Gasteiger partial charge in [-0.25, -0.2) is 4.98 Å². The van der Waals surface area contributed by atoms with E-state index >= 15 is 0 Å². The Morgan fingerprint density at radius 3 is 2.52 bits per heavy atom. The van der Waals surface area contributed by atoms with Crippen molar-refractivity contribution in [2.24, 2.45) is 0 Å². The number of nitrogens with zero attached hydrogens (tertiary/aromatic N) is 2. The molecule has 6 nitrogen and oxygen atoms in total. The molecule has 122 valence electrons. The van der Waals surface area contributed by atoms with E-state index < -0.39 is 0 Å². The van der Waals surface area contributed by atoms with Crippen molar-refractivity contribution in [3.63, 3.8) is 0 Å². The first kappa shape index (κ1) is 15.4. The number of hydrogen-bond donors (Lipinski definition) is 2. The number of anilines is 3. The van der Waals surface area contributed by atoms with Crippen LogP contribution in [0.25, 0.3) is 0 Å². The maximum Gasteiger partial charge on any atom is 0.242 e. The Morgan fingerprint density at radius 1 is 1.09 bits per heavy atom. The quantitative estimate of drug-likeness (QED) is 0.878. The minimum Gasteiger partial charge on any atom is -0.497 e. The van der Waals surface area contributed by atoms with Gasteiger partial charge in [-0.05, 0) is 49.9 Å². The molecule has 0 spiro atoms. The molecule has 3 N–H and O–H groups in total. The minimum atomic E-state index is 0.204. The number of nitrogen functional groups attached to an aromatic ring is 1. The Morgan fingerprint density at radius 2 is 1.83 bits per heavy atom. The molecule has 1 aliphatic carbocycles. The van der Waals surface area contributed by atoms with E-state index in [0.717, 1.165) is 24.3 Å². The summed E-state index contributed by atoms with van der Waals surface area (Å²) >= 11 is 0. The monoisotopic (exact) mass is 314 g/mol. The van der Waals surface area contributed by atoms with Crippen molar-refractivity contribution in [2.45, 2.75) is 38.2 Å². The second-order valence-electron chi connectivity index (χ2n) is 5.67. The lowest BCUT2D eigenvalue weighted by Crippen LogP contribution is -2.21. The van der Waals surface area contributed by atoms with Gasteiger partial charge in [0, 0.05) is 5.69 Å². The molecule has 0 bridgehead atoms. The molecule has 1 fully saturated rings. The number of benzene rings is 1. The number of ether oxygens (including phenoxy) is 2. The van der Waals surface area contributed by atoms with Crippen LogP contribution in [0.3, 0.4) is 0 Å². The smallest absolute Gasteiger partial charge is 0.242 e. The normalized spacial score (nSPS) is 15.2. The molecule has 0 aliphatic heterocycles. The summed E-state index contributed by atoms with van der Waals surface area (Å²) in [5, 5.41) is 3.19. The average Bonchev–Trinajstić information content (AvgIpc) is 2.60. The number of hydrogen-bond acceptors (Lipinski definition) is 6. The highest BCUT2D eigenvalue weighted by Crippen LogP contribution is 2.31. The maximum atomic E-state index is 6.17. The van der Waals surface area contributed by atoms with Crippen LogP contribution in [0.5, 0.6) is 11.6 Å². The molecule has 1 heterocycles. The summed E-state index contributed by atoms with van der Waals surface area (Å²) in [5.41, 5.74) is 7.48. The van der Waals surface area contributed by atoms with Gasteiger partial charge in [-0.1, -0.05) is 6.42 Å². The summed E-state index contributed by atoms with van der Waals surface area (Å²) < 4.78 is 11.1. The van der Waals surface area contributed by atoms with Crippen LogP contribution >= 0.6 is 0 Å². The average molecular weight is 314 g/mol. The third-order valence-corrected chi connectivity index (χ3v) is 4.03. The Labute approximate surface area is 136 Å². The number of nitrogens with one attached hydrogen (secondary N) is 1. The van der Waals surface area contributed by atoms with E-state index in [2.05, 4.69) is 15.3 Å². The van der Waals surface area contributed by atoms with E-state index in [4.69, 9.17) is 15.2 Å². The maximum absolute atomic E-state index is 6.17. The van der Waals surface area contributed by atoms with Gasteiger partial charge in [0.15, 0.2) is 5.82 Å². The third-order valence-electron chi connectivity index (χ3n) is 4.03. The van der Waals surface area contributed by atoms with Gasteiger partial charge in [-0.2, -0.15) is 4.98 Å². The van der Waals surface area contributed by atoms with Gasteiger partial charge in [0.05, 0.1) is 7.11 Å². The first-order valence-corrected chi connectivity index (χ1v) is 7.94. The van der Waals surface area contributed by atoms with Gasteiger partial charge in [-0.15, -0.1) is 0 Å². The summed E-state index contributed by atoms with van der Waals surface area (Å²) in [4.78, 5) is 8.40. The molecule has 6 heteroatoms. The molecule has 1 aliphatic rings. The summed E-state index contributed by atoms with van der Waals surface area (Å²) in [6.07, 6.45) is 7.48. The first-order chi connectivity index (χ1) is 11.3. The Bertz CT molecular complexity index is 640. The molecule has 0 saturated heterocycles. The Kier molecular flexibility index (Phi) is 4.80. The molecule has 23 heavy (non-hydrogen) atoms. The van der Waals surface area contributed by atoms with E-state index in [9.17, 15) is 0 Å². The lowest BCUT2D eigenvalue weighted by Gasteiger charge is -2.23. The molecule has 2 aromatic rings. The highest BCUT2D eigenvalue weighted by Gasteiger charge is 2.18. The molecule has 1 aromatic carbocycles. The van der Waals surface area contributed by atoms with E-state index in [1.54, 1.807) is 7.11 Å². The molecule has 0 amide bonds. The van der Waals surface area contributed by atoms with Crippen molar-refractivity contribution < 1.29 is 9.47 Å². The molecular weight excluding hydrogens is 292 g/mol. The fourth-order valence-electron chi connectivity index (χ4n) is 2.72. The molecular formula is C17H22N4O2. The van der Waals surface area contributed by atoms with Gasteiger partial charge < -0.3 is 20.5 Å². The van der Waals surface area contributed by atoms with Crippen LogP contribution in [0.2, 0.25) is 0 Å². The van der Waals surface area contributed by atoms with Crippen LogP contribution in [0.4, 0.5) is 17.2 Å². The second kappa shape index (κ2) is 7.17. The standard InChI is InChI=1S/C17H22N4O2/c1-22-13-9-7-12(8-10-13)21-16-15(18)17(20-11-19-16)23-14-5-3-2-4-6-14/h7-11,14H,2-6,18H2,1H3,(H,19,20,21). The summed E-state index contributed by atoms with van der Waals surface area (Å²) in [5.74, 6) is 1.81. The van der Waals surface area contributed by atoms with Gasteiger partial charge in [0.2, 0.25) is 5.88 Å². The van der Waals surface area contributed by atoms with Crippen molar-refractivity contribution >= 4 is 17.2 Å². The SMILES string of the molecule is COc1ccc(Nc2ncnc(OC3CCCCC3)c2N)cc1. The molecule has 3 rings (SSSR count). The van der Waals surface area contributed by atoms with Crippen LogP contribution in [-0.2, 0) is 0 Å². The zero-order valence-corrected chi connectivity index (χ0v) is 13.3.